The van der Waals surface area contributed by atoms with Crippen LogP contribution in [0.15, 0.2) is 4.99 Å². The van der Waals surface area contributed by atoms with Gasteiger partial charge in [0.05, 0.1) is 5.04 Å². The van der Waals surface area contributed by atoms with E-state index in [2.05, 4.69) is 4.99 Å². The van der Waals surface area contributed by atoms with Crippen LogP contribution in [0.2, 0.25) is 0 Å². The molecule has 1 heterocycles. The fraction of sp³-hybridized carbons (Fsp3) is 0.875. The third-order valence-electron chi connectivity index (χ3n) is 4.55. The first-order valence-corrected chi connectivity index (χ1v) is 8.76. The molecule has 1 amide bonds. The van der Waals surface area contributed by atoms with Crippen LogP contribution < -0.4 is 0 Å². The van der Waals surface area contributed by atoms with Gasteiger partial charge >= 0.3 is 0 Å². The van der Waals surface area contributed by atoms with Crippen LogP contribution in [0.3, 0.4) is 0 Å². The standard InChI is InChI=1S/C16H27NO2S/c1-12(2)16(19-3)15(18)17-14(20-16)11-13-9-7-5-4-6-8-10-13/h12-13H,4-11H2,1-3H3. The molecular formula is C16H27NO2S. The summed E-state index contributed by atoms with van der Waals surface area (Å²) in [5, 5.41) is 0.996. The zero-order valence-electron chi connectivity index (χ0n) is 13.0. The van der Waals surface area contributed by atoms with Crippen LogP contribution in [0.4, 0.5) is 0 Å². The molecule has 0 radical (unpaired) electrons. The van der Waals surface area contributed by atoms with E-state index in [1.54, 1.807) is 18.9 Å². The molecule has 1 saturated carbocycles. The second-order valence-electron chi connectivity index (χ2n) is 6.35. The zero-order chi connectivity index (χ0) is 14.6. The van der Waals surface area contributed by atoms with Gasteiger partial charge in [0, 0.05) is 13.0 Å². The molecule has 0 aromatic rings. The molecule has 3 nitrogen and oxygen atoms in total. The minimum Gasteiger partial charge on any atom is -0.358 e. The zero-order valence-corrected chi connectivity index (χ0v) is 13.8. The van der Waals surface area contributed by atoms with Gasteiger partial charge in [-0.1, -0.05) is 70.6 Å². The third kappa shape index (κ3) is 3.45. The molecule has 20 heavy (non-hydrogen) atoms. The Morgan fingerprint density at radius 3 is 2.35 bits per heavy atom. The largest absolute Gasteiger partial charge is 0.358 e. The molecule has 1 aliphatic heterocycles. The number of hydrogen-bond acceptors (Lipinski definition) is 3. The van der Waals surface area contributed by atoms with Crippen LogP contribution >= 0.6 is 11.8 Å². The SMILES string of the molecule is COC1(C(C)C)SC(CC2CCCCCCC2)=NC1=O. The monoisotopic (exact) mass is 297 g/mol. The summed E-state index contributed by atoms with van der Waals surface area (Å²) in [5.74, 6) is 0.749. The fourth-order valence-corrected chi connectivity index (χ4v) is 4.49. The van der Waals surface area contributed by atoms with Gasteiger partial charge in [-0.2, -0.15) is 0 Å². The van der Waals surface area contributed by atoms with Gasteiger partial charge in [0.1, 0.15) is 0 Å². The van der Waals surface area contributed by atoms with Crippen LogP contribution in [-0.2, 0) is 9.53 Å². The van der Waals surface area contributed by atoms with Crippen molar-refractivity contribution in [1.29, 1.82) is 0 Å². The van der Waals surface area contributed by atoms with Crippen LogP contribution in [0.5, 0.6) is 0 Å². The smallest absolute Gasteiger partial charge is 0.289 e. The van der Waals surface area contributed by atoms with E-state index in [9.17, 15) is 4.79 Å². The molecule has 2 rings (SSSR count). The van der Waals surface area contributed by atoms with E-state index in [0.717, 1.165) is 11.5 Å². The van der Waals surface area contributed by atoms with Crippen molar-refractivity contribution in [2.45, 2.75) is 70.1 Å². The summed E-state index contributed by atoms with van der Waals surface area (Å²) in [5.41, 5.74) is 0. The Hall–Kier alpha value is -0.350. The molecular weight excluding hydrogens is 270 g/mol. The number of carbonyl (C=O) groups is 1. The highest BCUT2D eigenvalue weighted by atomic mass is 32.2. The first-order valence-electron chi connectivity index (χ1n) is 7.94. The minimum absolute atomic E-state index is 0.0964. The first-order chi connectivity index (χ1) is 9.58. The van der Waals surface area contributed by atoms with Gasteiger partial charge in [-0.3, -0.25) is 4.79 Å². The van der Waals surface area contributed by atoms with Gasteiger partial charge in [0.15, 0.2) is 0 Å². The Bertz CT molecular complexity index is 373. The number of amides is 1. The van der Waals surface area contributed by atoms with Gasteiger partial charge in [-0.15, -0.1) is 0 Å². The molecule has 0 bridgehead atoms. The van der Waals surface area contributed by atoms with Crippen molar-refractivity contribution >= 4 is 22.7 Å². The maximum Gasteiger partial charge on any atom is 0.289 e. The molecule has 1 aliphatic carbocycles. The van der Waals surface area contributed by atoms with E-state index in [1.165, 1.54) is 44.9 Å². The Morgan fingerprint density at radius 1 is 1.25 bits per heavy atom. The van der Waals surface area contributed by atoms with E-state index in [-0.39, 0.29) is 11.8 Å². The van der Waals surface area contributed by atoms with Gasteiger partial charge < -0.3 is 4.74 Å². The molecule has 2 aliphatic rings. The summed E-state index contributed by atoms with van der Waals surface area (Å²) in [6, 6.07) is 0. The maximum atomic E-state index is 12.2. The lowest BCUT2D eigenvalue weighted by Crippen LogP contribution is -2.39. The summed E-state index contributed by atoms with van der Waals surface area (Å²) in [6.45, 7) is 4.06. The van der Waals surface area contributed by atoms with Crippen molar-refractivity contribution in [3.05, 3.63) is 0 Å². The van der Waals surface area contributed by atoms with Crippen molar-refractivity contribution in [3.8, 4) is 0 Å². The first kappa shape index (κ1) is 16.0. The minimum atomic E-state index is -0.767. The second kappa shape index (κ2) is 7.08. The molecule has 0 N–H and O–H groups in total. The molecule has 4 heteroatoms. The molecule has 1 unspecified atom stereocenters. The normalized spacial score (nSPS) is 29.4. The molecule has 0 spiro atoms. The number of rotatable bonds is 4. The Labute approximate surface area is 126 Å². The van der Waals surface area contributed by atoms with Crippen LogP contribution in [0, 0.1) is 11.8 Å². The Kier molecular flexibility index (Phi) is 5.67. The number of aliphatic imine (C=N–C) groups is 1. The van der Waals surface area contributed by atoms with Crippen LogP contribution in [0.25, 0.3) is 0 Å². The maximum absolute atomic E-state index is 12.2. The summed E-state index contributed by atoms with van der Waals surface area (Å²) >= 11 is 1.56. The van der Waals surface area contributed by atoms with Gasteiger partial charge in [-0.25, -0.2) is 4.99 Å². The Balaban J connectivity index is 1.97. The quantitative estimate of drug-likeness (QED) is 0.771. The van der Waals surface area contributed by atoms with Crippen molar-refractivity contribution in [3.63, 3.8) is 0 Å². The van der Waals surface area contributed by atoms with Crippen LogP contribution in [0.1, 0.15) is 65.2 Å². The predicted octanol–water partition coefficient (Wildman–Crippen LogP) is 4.41. The average molecular weight is 297 g/mol. The number of nitrogens with zero attached hydrogens (tertiary/aromatic N) is 1. The second-order valence-corrected chi connectivity index (χ2v) is 7.64. The van der Waals surface area contributed by atoms with E-state index in [1.807, 2.05) is 13.8 Å². The number of ether oxygens (including phenoxy) is 1. The number of carbonyl (C=O) groups excluding carboxylic acids is 1. The summed E-state index contributed by atoms with van der Waals surface area (Å²) in [7, 11) is 1.62. The molecule has 114 valence electrons. The van der Waals surface area contributed by atoms with Crippen molar-refractivity contribution in [2.24, 2.45) is 16.8 Å². The van der Waals surface area contributed by atoms with Crippen molar-refractivity contribution in [2.75, 3.05) is 7.11 Å². The van der Waals surface area contributed by atoms with Crippen LogP contribution in [-0.4, -0.2) is 23.0 Å². The lowest BCUT2D eigenvalue weighted by molar-refractivity contribution is -0.132. The predicted molar refractivity (Wildman–Crippen MR) is 85.0 cm³/mol. The lowest BCUT2D eigenvalue weighted by atomic mass is 9.89. The Morgan fingerprint density at radius 2 is 1.85 bits per heavy atom. The number of thioether (sulfide) groups is 1. The molecule has 0 aromatic heterocycles. The van der Waals surface area contributed by atoms with Gasteiger partial charge in [-0.05, 0) is 12.3 Å². The van der Waals surface area contributed by atoms with Gasteiger partial charge in [0.2, 0.25) is 4.93 Å². The summed E-state index contributed by atoms with van der Waals surface area (Å²) in [6.07, 6.45) is 10.3. The molecule has 0 aromatic carbocycles. The lowest BCUT2D eigenvalue weighted by Gasteiger charge is -2.28. The molecule has 1 atom stereocenters. The van der Waals surface area contributed by atoms with E-state index in [4.69, 9.17) is 4.74 Å². The number of hydrogen-bond donors (Lipinski definition) is 0. The average Bonchev–Trinajstić information content (AvgIpc) is 2.70. The van der Waals surface area contributed by atoms with E-state index < -0.39 is 4.93 Å². The summed E-state index contributed by atoms with van der Waals surface area (Å²) < 4.78 is 5.54. The van der Waals surface area contributed by atoms with Crippen molar-refractivity contribution in [1.82, 2.24) is 0 Å². The highest BCUT2D eigenvalue weighted by molar-refractivity contribution is 8.16. The molecule has 0 saturated heterocycles. The van der Waals surface area contributed by atoms with E-state index in [0.29, 0.717) is 5.92 Å². The summed E-state index contributed by atoms with van der Waals surface area (Å²) in [4.78, 5) is 15.7. The highest BCUT2D eigenvalue weighted by Gasteiger charge is 2.48. The fourth-order valence-electron chi connectivity index (χ4n) is 3.24. The topological polar surface area (TPSA) is 38.7 Å². The van der Waals surface area contributed by atoms with Gasteiger partial charge in [0.25, 0.3) is 5.91 Å². The van der Waals surface area contributed by atoms with E-state index >= 15 is 0 Å². The molecule has 1 fully saturated rings. The highest BCUT2D eigenvalue weighted by Crippen LogP contribution is 2.43. The third-order valence-corrected chi connectivity index (χ3v) is 6.15. The number of methoxy groups -OCH3 is 1. The van der Waals surface area contributed by atoms with Crippen molar-refractivity contribution < 1.29 is 9.53 Å².